The van der Waals surface area contributed by atoms with E-state index in [1.54, 1.807) is 15.2 Å². The molecule has 2 aromatic heterocycles. The molecule has 0 spiro atoms. The number of aryl methyl sites for hydroxylation is 1. The smallest absolute Gasteiger partial charge is 0.410 e. The molecular weight excluding hydrogens is 378 g/mol. The predicted octanol–water partition coefficient (Wildman–Crippen LogP) is 4.18. The number of piperazine rings is 1. The number of furan rings is 1. The van der Waals surface area contributed by atoms with Crippen LogP contribution in [0.3, 0.4) is 0 Å². The van der Waals surface area contributed by atoms with Crippen LogP contribution in [0.5, 0.6) is 0 Å². The molecule has 0 unspecified atom stereocenters. The quantitative estimate of drug-likeness (QED) is 0.749. The average Bonchev–Trinajstić information content (AvgIpc) is 3.21. The lowest BCUT2D eigenvalue weighted by atomic mass is 10.1. The number of ether oxygens (including phenoxy) is 1. The minimum Gasteiger partial charge on any atom is -0.459 e. The number of carbonyl (C=O) groups excluding carboxylic acids is 2. The number of thiazole rings is 1. The van der Waals surface area contributed by atoms with E-state index in [-0.39, 0.29) is 24.1 Å². The summed E-state index contributed by atoms with van der Waals surface area (Å²) in [6, 6.07) is 3.45. The molecular formula is C20H27N3O4S. The van der Waals surface area contributed by atoms with Crippen LogP contribution in [-0.2, 0) is 4.74 Å². The second kappa shape index (κ2) is 7.58. The van der Waals surface area contributed by atoms with Gasteiger partial charge in [0.15, 0.2) is 10.8 Å². The van der Waals surface area contributed by atoms with Crippen LogP contribution in [0, 0.1) is 6.92 Å². The van der Waals surface area contributed by atoms with E-state index >= 15 is 0 Å². The van der Waals surface area contributed by atoms with Crippen molar-refractivity contribution < 1.29 is 18.7 Å². The van der Waals surface area contributed by atoms with E-state index in [4.69, 9.17) is 9.15 Å². The Balaban J connectivity index is 1.71. The Labute approximate surface area is 169 Å². The maximum Gasteiger partial charge on any atom is 0.410 e. The van der Waals surface area contributed by atoms with Crippen LogP contribution in [0.2, 0.25) is 0 Å². The maximum atomic E-state index is 13.1. The van der Waals surface area contributed by atoms with Gasteiger partial charge in [-0.25, -0.2) is 9.78 Å². The van der Waals surface area contributed by atoms with E-state index in [2.05, 4.69) is 4.98 Å². The van der Waals surface area contributed by atoms with Crippen LogP contribution in [0.15, 0.2) is 21.9 Å². The SMILES string of the molecule is Cc1ccc(-c2nc(C(=O)N3[C@@H](C)CN(C(=O)OC(C)(C)C)C[C@@H]3C)cs2)o1. The van der Waals surface area contributed by atoms with Crippen LogP contribution < -0.4 is 0 Å². The zero-order valence-electron chi connectivity index (χ0n) is 17.2. The van der Waals surface area contributed by atoms with E-state index in [1.165, 1.54) is 11.3 Å². The summed E-state index contributed by atoms with van der Waals surface area (Å²) in [6.07, 6.45) is -0.345. The summed E-state index contributed by atoms with van der Waals surface area (Å²) in [6.45, 7) is 12.1. The third-order valence-corrected chi connectivity index (χ3v) is 5.34. The lowest BCUT2D eigenvalue weighted by Crippen LogP contribution is -2.60. The Bertz CT molecular complexity index is 855. The van der Waals surface area contributed by atoms with Gasteiger partial charge in [0.2, 0.25) is 0 Å². The van der Waals surface area contributed by atoms with E-state index < -0.39 is 5.60 Å². The van der Waals surface area contributed by atoms with Gasteiger partial charge in [0.25, 0.3) is 5.91 Å². The normalized spacial score (nSPS) is 20.4. The van der Waals surface area contributed by atoms with E-state index in [9.17, 15) is 9.59 Å². The van der Waals surface area contributed by atoms with Gasteiger partial charge in [-0.05, 0) is 53.7 Å². The van der Waals surface area contributed by atoms with Gasteiger partial charge >= 0.3 is 6.09 Å². The van der Waals surface area contributed by atoms with E-state index in [0.717, 1.165) is 5.76 Å². The zero-order valence-corrected chi connectivity index (χ0v) is 18.0. The molecule has 3 rings (SSSR count). The second-order valence-electron chi connectivity index (χ2n) is 8.24. The largest absolute Gasteiger partial charge is 0.459 e. The fourth-order valence-corrected chi connectivity index (χ4v) is 4.12. The molecule has 8 heteroatoms. The van der Waals surface area contributed by atoms with Crippen molar-refractivity contribution in [3.63, 3.8) is 0 Å². The Hall–Kier alpha value is -2.35. The standard InChI is InChI=1S/C20H27N3O4S/c1-12-9-22(19(25)27-20(4,5)6)10-13(2)23(12)18(24)15-11-28-17(21-15)16-8-7-14(3)26-16/h7-8,11-13H,9-10H2,1-6H3/t12-,13-/m0/s1. The molecule has 0 N–H and O–H groups in total. The molecule has 0 aromatic carbocycles. The Kier molecular flexibility index (Phi) is 5.52. The van der Waals surface area contributed by atoms with Gasteiger partial charge in [0, 0.05) is 30.6 Å². The van der Waals surface area contributed by atoms with Crippen molar-refractivity contribution in [2.45, 2.75) is 59.2 Å². The maximum absolute atomic E-state index is 13.1. The third-order valence-electron chi connectivity index (χ3n) is 4.48. The molecule has 2 aromatic rings. The number of hydrogen-bond acceptors (Lipinski definition) is 6. The molecule has 0 bridgehead atoms. The lowest BCUT2D eigenvalue weighted by molar-refractivity contribution is -0.00501. The van der Waals surface area contributed by atoms with Gasteiger partial charge in [-0.3, -0.25) is 4.79 Å². The molecule has 1 saturated heterocycles. The minimum absolute atomic E-state index is 0.130. The van der Waals surface area contributed by atoms with Crippen LogP contribution in [0.25, 0.3) is 10.8 Å². The van der Waals surface area contributed by atoms with Crippen LogP contribution in [0.4, 0.5) is 4.79 Å². The molecule has 3 heterocycles. The highest BCUT2D eigenvalue weighted by atomic mass is 32.1. The Morgan fingerprint density at radius 1 is 1.21 bits per heavy atom. The Morgan fingerprint density at radius 2 is 1.86 bits per heavy atom. The molecule has 7 nitrogen and oxygen atoms in total. The predicted molar refractivity (Wildman–Crippen MR) is 107 cm³/mol. The molecule has 0 aliphatic carbocycles. The van der Waals surface area contributed by atoms with Crippen molar-refractivity contribution >= 4 is 23.3 Å². The minimum atomic E-state index is -0.544. The summed E-state index contributed by atoms with van der Waals surface area (Å²) in [5.41, 5.74) is -0.143. The van der Waals surface area contributed by atoms with E-state index in [0.29, 0.717) is 29.6 Å². The molecule has 152 valence electrons. The monoisotopic (exact) mass is 405 g/mol. The van der Waals surface area contributed by atoms with Gasteiger partial charge in [0.1, 0.15) is 17.1 Å². The molecule has 28 heavy (non-hydrogen) atoms. The molecule has 0 radical (unpaired) electrons. The Morgan fingerprint density at radius 3 is 2.39 bits per heavy atom. The first-order valence-corrected chi connectivity index (χ1v) is 10.3. The summed E-state index contributed by atoms with van der Waals surface area (Å²) in [5, 5.41) is 2.44. The number of carbonyl (C=O) groups is 2. The molecule has 1 fully saturated rings. The van der Waals surface area contributed by atoms with Crippen LogP contribution in [-0.4, -0.2) is 57.6 Å². The van der Waals surface area contributed by atoms with Crippen molar-refractivity contribution in [1.29, 1.82) is 0 Å². The number of rotatable bonds is 2. The lowest BCUT2D eigenvalue weighted by Gasteiger charge is -2.44. The number of aromatic nitrogens is 1. The fourth-order valence-electron chi connectivity index (χ4n) is 3.37. The van der Waals surface area contributed by atoms with Crippen molar-refractivity contribution in [3.05, 3.63) is 29.0 Å². The van der Waals surface area contributed by atoms with Gasteiger partial charge in [0.05, 0.1) is 0 Å². The first-order chi connectivity index (χ1) is 13.0. The van der Waals surface area contributed by atoms with Gasteiger partial charge in [-0.1, -0.05) is 0 Å². The fraction of sp³-hybridized carbons (Fsp3) is 0.550. The second-order valence-corrected chi connectivity index (χ2v) is 9.10. The highest BCUT2D eigenvalue weighted by Crippen LogP contribution is 2.27. The molecule has 1 aliphatic heterocycles. The zero-order chi connectivity index (χ0) is 20.6. The van der Waals surface area contributed by atoms with Crippen molar-refractivity contribution in [2.24, 2.45) is 0 Å². The first kappa shape index (κ1) is 20.4. The first-order valence-electron chi connectivity index (χ1n) is 9.38. The topological polar surface area (TPSA) is 75.9 Å². The van der Waals surface area contributed by atoms with Crippen molar-refractivity contribution in [3.8, 4) is 10.8 Å². The summed E-state index contributed by atoms with van der Waals surface area (Å²) < 4.78 is 11.1. The van der Waals surface area contributed by atoms with Gasteiger partial charge < -0.3 is 19.0 Å². The van der Waals surface area contributed by atoms with E-state index in [1.807, 2.05) is 53.7 Å². The number of nitrogens with zero attached hydrogens (tertiary/aromatic N) is 3. The highest BCUT2D eigenvalue weighted by Gasteiger charge is 2.37. The number of amides is 2. The van der Waals surface area contributed by atoms with Crippen LogP contribution in [0.1, 0.15) is 50.9 Å². The van der Waals surface area contributed by atoms with Crippen molar-refractivity contribution in [2.75, 3.05) is 13.1 Å². The molecule has 2 atom stereocenters. The summed E-state index contributed by atoms with van der Waals surface area (Å²) in [5.74, 6) is 1.34. The molecule has 1 aliphatic rings. The third kappa shape index (κ3) is 4.38. The van der Waals surface area contributed by atoms with Crippen LogP contribution >= 0.6 is 11.3 Å². The summed E-state index contributed by atoms with van der Waals surface area (Å²) in [4.78, 5) is 33.4. The average molecular weight is 406 g/mol. The van der Waals surface area contributed by atoms with Gasteiger partial charge in [-0.2, -0.15) is 0 Å². The highest BCUT2D eigenvalue weighted by molar-refractivity contribution is 7.13. The molecule has 2 amide bonds. The molecule has 0 saturated carbocycles. The van der Waals surface area contributed by atoms with Crippen molar-refractivity contribution in [1.82, 2.24) is 14.8 Å². The van der Waals surface area contributed by atoms with Gasteiger partial charge in [-0.15, -0.1) is 11.3 Å². The summed E-state index contributed by atoms with van der Waals surface area (Å²) >= 11 is 1.39. The number of hydrogen-bond donors (Lipinski definition) is 0. The summed E-state index contributed by atoms with van der Waals surface area (Å²) in [7, 11) is 0.